The molecule has 9 heteroatoms. The van der Waals surface area contributed by atoms with Gasteiger partial charge in [-0.1, -0.05) is 18.2 Å². The zero-order chi connectivity index (χ0) is 20.4. The molecule has 0 saturated heterocycles. The molecule has 1 N–H and O–H groups in total. The van der Waals surface area contributed by atoms with Gasteiger partial charge in [0.15, 0.2) is 5.76 Å². The Hall–Kier alpha value is -4.27. The number of aromatic nitrogens is 2. The van der Waals surface area contributed by atoms with Crippen LogP contribution in [-0.2, 0) is 0 Å². The van der Waals surface area contributed by atoms with E-state index in [9.17, 15) is 14.9 Å². The molecule has 0 radical (unpaired) electrons. The van der Waals surface area contributed by atoms with Gasteiger partial charge in [-0.2, -0.15) is 10.2 Å². The van der Waals surface area contributed by atoms with Crippen LogP contribution in [0.3, 0.4) is 0 Å². The quantitative estimate of drug-likeness (QED) is 0.318. The van der Waals surface area contributed by atoms with Crippen molar-refractivity contribution in [2.45, 2.75) is 6.92 Å². The molecule has 0 atom stereocenters. The van der Waals surface area contributed by atoms with E-state index in [1.54, 1.807) is 42.1 Å². The van der Waals surface area contributed by atoms with Gasteiger partial charge in [0.1, 0.15) is 5.58 Å². The molecule has 4 rings (SSSR count). The number of para-hydroxylation sites is 1. The molecule has 0 fully saturated rings. The van der Waals surface area contributed by atoms with Crippen LogP contribution in [-0.4, -0.2) is 26.8 Å². The Labute approximate surface area is 164 Å². The van der Waals surface area contributed by atoms with Crippen LogP contribution in [0.1, 0.15) is 21.8 Å². The van der Waals surface area contributed by atoms with Crippen molar-refractivity contribution in [3.8, 4) is 5.69 Å². The summed E-state index contributed by atoms with van der Waals surface area (Å²) in [5.41, 5.74) is 5.11. The number of fused-ring (bicyclic) bond motifs is 1. The van der Waals surface area contributed by atoms with Gasteiger partial charge in [0.25, 0.3) is 5.69 Å². The maximum atomic E-state index is 12.2. The van der Waals surface area contributed by atoms with Gasteiger partial charge < -0.3 is 4.42 Å². The van der Waals surface area contributed by atoms with Crippen molar-refractivity contribution in [2.75, 3.05) is 0 Å². The molecule has 0 spiro atoms. The molecule has 1 amide bonds. The number of nitro groups is 1. The van der Waals surface area contributed by atoms with Crippen LogP contribution in [0.2, 0.25) is 0 Å². The smallest absolute Gasteiger partial charge is 0.307 e. The molecule has 0 unspecified atom stereocenters. The number of aryl methyl sites for hydroxylation is 1. The molecule has 4 aromatic rings. The van der Waals surface area contributed by atoms with Gasteiger partial charge in [-0.15, -0.1) is 0 Å². The van der Waals surface area contributed by atoms with Crippen molar-refractivity contribution in [3.05, 3.63) is 87.9 Å². The largest absolute Gasteiger partial charge is 0.451 e. The number of hydrazone groups is 1. The van der Waals surface area contributed by atoms with Gasteiger partial charge in [-0.3, -0.25) is 14.9 Å². The second kappa shape index (κ2) is 7.39. The molecule has 0 aliphatic carbocycles. The summed E-state index contributed by atoms with van der Waals surface area (Å²) in [7, 11) is 0. The highest BCUT2D eigenvalue weighted by atomic mass is 16.6. The fourth-order valence-electron chi connectivity index (χ4n) is 2.77. The minimum atomic E-state index is -0.460. The molecule has 2 aromatic carbocycles. The lowest BCUT2D eigenvalue weighted by Crippen LogP contribution is -2.16. The van der Waals surface area contributed by atoms with Crippen LogP contribution in [0.25, 0.3) is 16.7 Å². The van der Waals surface area contributed by atoms with Crippen LogP contribution < -0.4 is 5.43 Å². The van der Waals surface area contributed by atoms with E-state index in [-0.39, 0.29) is 11.4 Å². The number of rotatable bonds is 5. The Kier molecular flexibility index (Phi) is 4.62. The number of non-ortho nitro benzene ring substituents is 1. The Bertz CT molecular complexity index is 1200. The first-order valence-electron chi connectivity index (χ1n) is 8.64. The van der Waals surface area contributed by atoms with Gasteiger partial charge in [0.05, 0.1) is 22.5 Å². The molecule has 2 heterocycles. The average molecular weight is 389 g/mol. The molecule has 9 nitrogen and oxygen atoms in total. The number of furan rings is 1. The maximum Gasteiger partial charge on any atom is 0.307 e. The number of hydrogen-bond acceptors (Lipinski definition) is 6. The molecular formula is C20H15N5O4. The minimum Gasteiger partial charge on any atom is -0.451 e. The molecule has 0 aliphatic rings. The summed E-state index contributed by atoms with van der Waals surface area (Å²) in [4.78, 5) is 22.5. The van der Waals surface area contributed by atoms with Crippen molar-refractivity contribution in [1.29, 1.82) is 0 Å². The fraction of sp³-hybridized carbons (Fsp3) is 0.0500. The SMILES string of the molecule is Cc1nn(-c2ccc([N+](=O)[O-])cc2)cc1/C=N/NC(=O)c1cc2ccccc2o1. The number of hydrogen-bond donors (Lipinski definition) is 1. The van der Waals surface area contributed by atoms with E-state index in [0.29, 0.717) is 22.5 Å². The second-order valence-corrected chi connectivity index (χ2v) is 6.24. The van der Waals surface area contributed by atoms with Crippen molar-refractivity contribution in [2.24, 2.45) is 5.10 Å². The molecule has 2 aromatic heterocycles. The zero-order valence-corrected chi connectivity index (χ0v) is 15.3. The topological polar surface area (TPSA) is 116 Å². The van der Waals surface area contributed by atoms with E-state index in [0.717, 1.165) is 5.39 Å². The van der Waals surface area contributed by atoms with E-state index in [1.165, 1.54) is 18.3 Å². The van der Waals surface area contributed by atoms with E-state index in [1.807, 2.05) is 18.2 Å². The predicted molar refractivity (Wildman–Crippen MR) is 106 cm³/mol. The Morgan fingerprint density at radius 3 is 2.72 bits per heavy atom. The summed E-state index contributed by atoms with van der Waals surface area (Å²) in [5.74, 6) is -0.292. The molecule has 144 valence electrons. The van der Waals surface area contributed by atoms with Crippen LogP contribution in [0.4, 0.5) is 5.69 Å². The highest BCUT2D eigenvalue weighted by molar-refractivity contribution is 5.96. The highest BCUT2D eigenvalue weighted by Gasteiger charge is 2.11. The van der Waals surface area contributed by atoms with E-state index >= 15 is 0 Å². The molecule has 0 aliphatic heterocycles. The lowest BCUT2D eigenvalue weighted by atomic mass is 10.2. The van der Waals surface area contributed by atoms with Gasteiger partial charge in [-0.05, 0) is 31.2 Å². The van der Waals surface area contributed by atoms with Gasteiger partial charge in [0.2, 0.25) is 0 Å². The van der Waals surface area contributed by atoms with Crippen LogP contribution in [0.15, 0.2) is 70.3 Å². The molecule has 0 saturated carbocycles. The Morgan fingerprint density at radius 2 is 2.00 bits per heavy atom. The highest BCUT2D eigenvalue weighted by Crippen LogP contribution is 2.19. The number of carbonyl (C=O) groups is 1. The van der Waals surface area contributed by atoms with Gasteiger partial charge >= 0.3 is 5.91 Å². The Balaban J connectivity index is 1.47. The number of nitrogens with one attached hydrogen (secondary N) is 1. The summed E-state index contributed by atoms with van der Waals surface area (Å²) >= 11 is 0. The van der Waals surface area contributed by atoms with Gasteiger partial charge in [-0.25, -0.2) is 10.1 Å². The van der Waals surface area contributed by atoms with E-state index in [4.69, 9.17) is 4.42 Å². The number of nitrogens with zero attached hydrogens (tertiary/aromatic N) is 4. The van der Waals surface area contributed by atoms with Crippen LogP contribution in [0.5, 0.6) is 0 Å². The maximum absolute atomic E-state index is 12.2. The van der Waals surface area contributed by atoms with E-state index < -0.39 is 10.8 Å². The summed E-state index contributed by atoms with van der Waals surface area (Å²) in [6, 6.07) is 15.0. The summed E-state index contributed by atoms with van der Waals surface area (Å²) < 4.78 is 7.08. The normalized spacial score (nSPS) is 11.2. The first-order chi connectivity index (χ1) is 14.0. The summed E-state index contributed by atoms with van der Waals surface area (Å²) in [5, 5.41) is 19.9. The Morgan fingerprint density at radius 1 is 1.24 bits per heavy atom. The number of carbonyl (C=O) groups excluding carboxylic acids is 1. The second-order valence-electron chi connectivity index (χ2n) is 6.24. The van der Waals surface area contributed by atoms with Crippen molar-refractivity contribution in [1.82, 2.24) is 15.2 Å². The number of benzene rings is 2. The molecule has 0 bridgehead atoms. The monoisotopic (exact) mass is 389 g/mol. The first-order valence-corrected chi connectivity index (χ1v) is 8.64. The zero-order valence-electron chi connectivity index (χ0n) is 15.3. The fourth-order valence-corrected chi connectivity index (χ4v) is 2.77. The third-order valence-corrected chi connectivity index (χ3v) is 4.28. The molecule has 29 heavy (non-hydrogen) atoms. The lowest BCUT2D eigenvalue weighted by Gasteiger charge is -1.99. The van der Waals surface area contributed by atoms with Crippen molar-refractivity contribution < 1.29 is 14.1 Å². The van der Waals surface area contributed by atoms with Crippen LogP contribution in [0, 0.1) is 17.0 Å². The predicted octanol–water partition coefficient (Wildman–Crippen LogP) is 3.60. The van der Waals surface area contributed by atoms with Crippen molar-refractivity contribution in [3.63, 3.8) is 0 Å². The summed E-state index contributed by atoms with van der Waals surface area (Å²) in [6.07, 6.45) is 3.19. The lowest BCUT2D eigenvalue weighted by molar-refractivity contribution is -0.384. The average Bonchev–Trinajstić information content (AvgIpc) is 3.32. The van der Waals surface area contributed by atoms with Crippen LogP contribution >= 0.6 is 0 Å². The standard InChI is InChI=1S/C20H15N5O4/c1-13-15(12-24(23-13)16-6-8-17(9-7-16)25(27)28)11-21-22-20(26)19-10-14-4-2-3-5-18(14)29-19/h2-12H,1H3,(H,22,26)/b21-11+. The van der Waals surface area contributed by atoms with Crippen molar-refractivity contribution >= 4 is 28.8 Å². The number of amides is 1. The van der Waals surface area contributed by atoms with E-state index in [2.05, 4.69) is 15.6 Å². The minimum absolute atomic E-state index is 0.00714. The third-order valence-electron chi connectivity index (χ3n) is 4.28. The number of nitro benzene ring substituents is 1. The molecular weight excluding hydrogens is 374 g/mol. The summed E-state index contributed by atoms with van der Waals surface area (Å²) in [6.45, 7) is 1.80. The first kappa shape index (κ1) is 18.1. The van der Waals surface area contributed by atoms with Gasteiger partial charge in [0, 0.05) is 29.3 Å². The third kappa shape index (κ3) is 3.74.